The number of ether oxygens (including phenoxy) is 2. The van der Waals surface area contributed by atoms with E-state index in [-0.39, 0.29) is 50.1 Å². The Balaban J connectivity index is 0.00000330. The molecule has 1 saturated heterocycles. The second kappa shape index (κ2) is 18.4. The molecule has 3 N–H and O–H groups in total. The number of aromatic nitrogens is 3. The monoisotopic (exact) mass is 979 g/mol. The summed E-state index contributed by atoms with van der Waals surface area (Å²) in [7, 11) is -2.39. The summed E-state index contributed by atoms with van der Waals surface area (Å²) in [4.78, 5) is 53.8. The smallest absolute Gasteiger partial charge is 0.259 e. The fraction of sp³-hybridized carbons (Fsp3) is 0.381. The van der Waals surface area contributed by atoms with Gasteiger partial charge in [-0.3, -0.25) is 19.1 Å². The van der Waals surface area contributed by atoms with Crippen LogP contribution in [0.2, 0.25) is 10.0 Å². The Kier molecular flexibility index (Phi) is 14.0. The third-order valence-electron chi connectivity index (χ3n) is 11.2. The van der Waals surface area contributed by atoms with Crippen LogP contribution < -0.4 is 24.8 Å². The Labute approximate surface area is 390 Å². The van der Waals surface area contributed by atoms with E-state index in [0.717, 1.165) is 5.56 Å². The van der Waals surface area contributed by atoms with E-state index >= 15 is 0 Å². The molecule has 2 aliphatic carbocycles. The van der Waals surface area contributed by atoms with Crippen LogP contribution in [0.4, 0.5) is 5.13 Å². The van der Waals surface area contributed by atoms with Crippen LogP contribution in [0.5, 0.6) is 11.6 Å². The Hall–Kier alpha value is -4.65. The molecule has 0 spiro atoms. The van der Waals surface area contributed by atoms with Crippen molar-refractivity contribution in [3.63, 3.8) is 0 Å². The van der Waals surface area contributed by atoms with Crippen molar-refractivity contribution in [1.29, 1.82) is 0 Å². The second-order valence-corrected chi connectivity index (χ2v) is 20.2. The van der Waals surface area contributed by atoms with Gasteiger partial charge >= 0.3 is 0 Å². The molecule has 0 radical (unpaired) electrons. The van der Waals surface area contributed by atoms with Crippen LogP contribution in [-0.2, 0) is 24.4 Å². The molecule has 0 bridgehead atoms. The van der Waals surface area contributed by atoms with E-state index in [9.17, 15) is 22.8 Å². The highest BCUT2D eigenvalue weighted by Crippen LogP contribution is 2.46. The van der Waals surface area contributed by atoms with Crippen molar-refractivity contribution in [2.75, 3.05) is 19.0 Å². The van der Waals surface area contributed by atoms with Gasteiger partial charge in [0.1, 0.15) is 40.9 Å². The largest absolute Gasteiger partial charge is 0.494 e. The topological polar surface area (TPSA) is 195 Å². The van der Waals surface area contributed by atoms with Crippen LogP contribution in [0.25, 0.3) is 33.5 Å². The summed E-state index contributed by atoms with van der Waals surface area (Å²) in [5, 5.41) is 14.2. The molecule has 4 heterocycles. The molecule has 0 unspecified atom stereocenters. The number of amides is 3. The fourth-order valence-corrected chi connectivity index (χ4v) is 9.91. The maximum absolute atomic E-state index is 15.0. The molecule has 3 fully saturated rings. The van der Waals surface area contributed by atoms with Crippen molar-refractivity contribution in [2.24, 2.45) is 11.3 Å². The number of carbonyl (C=O) groups is 3. The first kappa shape index (κ1) is 47.8. The highest BCUT2D eigenvalue weighted by Gasteiger charge is 2.62. The predicted molar refractivity (Wildman–Crippen MR) is 247 cm³/mol. The summed E-state index contributed by atoms with van der Waals surface area (Å²) < 4.78 is 45.4. The number of halogens is 4. The molecule has 5 atom stereocenters. The third-order valence-corrected chi connectivity index (χ3v) is 14.2. The first-order valence-corrected chi connectivity index (χ1v) is 22.7. The number of pyridine rings is 1. The molecule has 63 heavy (non-hydrogen) atoms. The SMILES string of the molecule is C=C[C@@H]1C[C@]1(NC(=O)[C@@H]1C[C@@H](Oc2ncc(OC)c3ccc(Cl)cc23)CN1C(=O)[C@@H](Nc1nc(-c2cc(-c3ccc(Cl)cc3)no2)cs1)C(C)(C)C)C(=O)NS(=O)(=O)C1CC1.Cl.Cl. The Morgan fingerprint density at radius 1 is 1.05 bits per heavy atom. The molecule has 3 aliphatic rings. The minimum Gasteiger partial charge on any atom is -0.494 e. The number of fused-ring (bicyclic) bond motifs is 1. The van der Waals surface area contributed by atoms with Crippen LogP contribution in [0.3, 0.4) is 0 Å². The number of hydrogen-bond donors (Lipinski definition) is 3. The number of nitrogens with one attached hydrogen (secondary N) is 3. The Morgan fingerprint density at radius 2 is 1.76 bits per heavy atom. The predicted octanol–water partition coefficient (Wildman–Crippen LogP) is 7.72. The number of methoxy groups -OCH3 is 1. The lowest BCUT2D eigenvalue weighted by molar-refractivity contribution is -0.141. The molecule has 3 amide bonds. The van der Waals surface area contributed by atoms with Crippen molar-refractivity contribution in [1.82, 2.24) is 30.1 Å². The number of sulfonamides is 1. The van der Waals surface area contributed by atoms with E-state index in [4.69, 9.17) is 42.2 Å². The van der Waals surface area contributed by atoms with Gasteiger partial charge in [-0.1, -0.05) is 67.3 Å². The quantitative estimate of drug-likeness (QED) is 0.0919. The van der Waals surface area contributed by atoms with Gasteiger partial charge in [-0.2, -0.15) is 0 Å². The van der Waals surface area contributed by atoms with E-state index in [1.165, 1.54) is 35.6 Å². The summed E-state index contributed by atoms with van der Waals surface area (Å²) in [5.41, 5.74) is -0.368. The van der Waals surface area contributed by atoms with Gasteiger partial charge in [-0.05, 0) is 55.0 Å². The summed E-state index contributed by atoms with van der Waals surface area (Å²) in [5.74, 6) is -1.30. The average Bonchev–Trinajstić information content (AvgIpc) is 4.01. The van der Waals surface area contributed by atoms with Gasteiger partial charge in [0.05, 0.1) is 25.1 Å². The number of carbonyl (C=O) groups excluding carboxylic acids is 3. The normalized spacial score (nSPS) is 21.0. The van der Waals surface area contributed by atoms with Crippen molar-refractivity contribution >= 4 is 103 Å². The number of hydrogen-bond acceptors (Lipinski definition) is 13. The molecule has 15 nitrogen and oxygen atoms in total. The van der Waals surface area contributed by atoms with Crippen LogP contribution in [0.1, 0.15) is 46.5 Å². The molecular formula is C42H45Cl4N7O8S2. The molecule has 3 aromatic heterocycles. The summed E-state index contributed by atoms with van der Waals surface area (Å²) in [6.45, 7) is 9.44. The van der Waals surface area contributed by atoms with Crippen molar-refractivity contribution in [3.8, 4) is 34.3 Å². The number of rotatable bonds is 14. The number of anilines is 1. The molecule has 2 aromatic carbocycles. The summed E-state index contributed by atoms with van der Waals surface area (Å²) >= 11 is 13.7. The first-order valence-electron chi connectivity index (χ1n) is 19.5. The molecular weight excluding hydrogens is 936 g/mol. The van der Waals surface area contributed by atoms with Crippen molar-refractivity contribution in [3.05, 3.63) is 82.8 Å². The van der Waals surface area contributed by atoms with Crippen LogP contribution in [0, 0.1) is 11.3 Å². The second-order valence-electron chi connectivity index (χ2n) is 16.6. The zero-order valence-electron chi connectivity index (χ0n) is 34.4. The van der Waals surface area contributed by atoms with Crippen LogP contribution in [-0.4, -0.2) is 88.8 Å². The van der Waals surface area contributed by atoms with Crippen molar-refractivity contribution in [2.45, 2.75) is 75.4 Å². The third kappa shape index (κ3) is 9.88. The first-order chi connectivity index (χ1) is 29.0. The highest BCUT2D eigenvalue weighted by atomic mass is 35.5. The van der Waals surface area contributed by atoms with Gasteiger partial charge in [0.15, 0.2) is 10.9 Å². The van der Waals surface area contributed by atoms with E-state index < -0.39 is 68.1 Å². The van der Waals surface area contributed by atoms with E-state index in [2.05, 4.69) is 32.1 Å². The number of nitrogens with zero attached hydrogens (tertiary/aromatic N) is 4. The summed E-state index contributed by atoms with van der Waals surface area (Å²) in [6.07, 6.45) is 3.35. The lowest BCUT2D eigenvalue weighted by atomic mass is 9.85. The zero-order chi connectivity index (χ0) is 43.4. The van der Waals surface area contributed by atoms with Crippen LogP contribution >= 0.6 is 59.4 Å². The molecule has 8 rings (SSSR count). The van der Waals surface area contributed by atoms with Gasteiger partial charge in [0.25, 0.3) is 5.91 Å². The molecule has 336 valence electrons. The van der Waals surface area contributed by atoms with Gasteiger partial charge in [0, 0.05) is 50.2 Å². The molecule has 1 aliphatic heterocycles. The molecule has 5 aromatic rings. The number of thiazole rings is 1. The summed E-state index contributed by atoms with van der Waals surface area (Å²) in [6, 6.07) is 12.1. The maximum Gasteiger partial charge on any atom is 0.259 e. The Bertz CT molecular complexity index is 2650. The van der Waals surface area contributed by atoms with Gasteiger partial charge in [-0.25, -0.2) is 18.4 Å². The molecule has 2 saturated carbocycles. The highest BCUT2D eigenvalue weighted by molar-refractivity contribution is 7.91. The van der Waals surface area contributed by atoms with Crippen molar-refractivity contribution < 1.29 is 36.8 Å². The number of benzene rings is 2. The number of likely N-dealkylation sites (tertiary alicyclic amines) is 1. The standard InChI is InChI=1S/C42H43Cl2N7O8S2.2ClH/c1-6-23-18-42(23,39(54)50-61(55,56)27-12-13-27)48-36(52)32-16-26(58-37-29-15-25(44)11-14-28(29)34(57-5)19-45-37)20-51(32)38(53)35(41(2,3)4)47-40-46-31(21-60-40)33-17-30(49-59-33)22-7-9-24(43)10-8-22;;/h6-11,14-15,17,19,21,23,26-27,32,35H,1,12-13,16,18,20H2,2-5H3,(H,46,47)(H,48,52)(H,50,54);2*1H/t23-,26-,32+,35-,42-;;/m1../s1. The van der Waals surface area contributed by atoms with Crippen LogP contribution in [0.15, 0.2) is 77.3 Å². The van der Waals surface area contributed by atoms with Gasteiger partial charge in [-0.15, -0.1) is 42.7 Å². The van der Waals surface area contributed by atoms with E-state index in [1.807, 2.05) is 32.9 Å². The maximum atomic E-state index is 15.0. The van der Waals surface area contributed by atoms with Gasteiger partial charge < -0.3 is 29.5 Å². The minimum absolute atomic E-state index is 0. The average molecular weight is 982 g/mol. The fourth-order valence-electron chi connectivity index (χ4n) is 7.52. The Morgan fingerprint density at radius 3 is 2.41 bits per heavy atom. The van der Waals surface area contributed by atoms with Gasteiger partial charge in [0.2, 0.25) is 27.7 Å². The van der Waals surface area contributed by atoms with E-state index in [0.29, 0.717) is 61.7 Å². The molecule has 21 heteroatoms. The zero-order valence-corrected chi connectivity index (χ0v) is 39.2. The lowest BCUT2D eigenvalue weighted by Gasteiger charge is -2.35. The van der Waals surface area contributed by atoms with E-state index in [1.54, 1.807) is 41.8 Å². The minimum atomic E-state index is -3.92. The lowest BCUT2D eigenvalue weighted by Crippen LogP contribution is -2.58.